The van der Waals surface area contributed by atoms with E-state index in [1.54, 1.807) is 0 Å². The van der Waals surface area contributed by atoms with E-state index in [-0.39, 0.29) is 17.5 Å². The Morgan fingerprint density at radius 3 is 2.86 bits per heavy atom. The Morgan fingerprint density at radius 2 is 2.10 bits per heavy atom. The maximum Gasteiger partial charge on any atom is 0.267 e. The summed E-state index contributed by atoms with van der Waals surface area (Å²) in [6, 6.07) is -0.214. The van der Waals surface area contributed by atoms with Crippen molar-refractivity contribution in [1.82, 2.24) is 20.2 Å². The number of amides is 1. The summed E-state index contributed by atoms with van der Waals surface area (Å²) in [5.41, 5.74) is -0.222. The van der Waals surface area contributed by atoms with Gasteiger partial charge in [-0.1, -0.05) is 0 Å². The second kappa shape index (κ2) is 6.15. The molecule has 1 aromatic heterocycles. The van der Waals surface area contributed by atoms with Crippen LogP contribution >= 0.6 is 15.9 Å². The van der Waals surface area contributed by atoms with Gasteiger partial charge in [-0.15, -0.1) is 0 Å². The lowest BCUT2D eigenvalue weighted by molar-refractivity contribution is -0.133. The molecule has 0 radical (unpaired) electrons. The predicted molar refractivity (Wildman–Crippen MR) is 82.4 cm³/mol. The van der Waals surface area contributed by atoms with Crippen molar-refractivity contribution in [2.75, 3.05) is 37.6 Å². The van der Waals surface area contributed by atoms with Crippen molar-refractivity contribution in [1.29, 1.82) is 0 Å². The van der Waals surface area contributed by atoms with Crippen molar-refractivity contribution >= 4 is 27.7 Å². The quantitative estimate of drug-likeness (QED) is 0.776. The summed E-state index contributed by atoms with van der Waals surface area (Å²) < 4.78 is 0.394. The van der Waals surface area contributed by atoms with Crippen molar-refractivity contribution in [3.63, 3.8) is 0 Å². The van der Waals surface area contributed by atoms with Crippen LogP contribution in [0.15, 0.2) is 15.6 Å². The van der Waals surface area contributed by atoms with Crippen LogP contribution < -0.4 is 15.8 Å². The van der Waals surface area contributed by atoms with E-state index in [2.05, 4.69) is 31.2 Å². The van der Waals surface area contributed by atoms with Crippen LogP contribution in [0.3, 0.4) is 0 Å². The molecule has 0 aliphatic carbocycles. The van der Waals surface area contributed by atoms with Gasteiger partial charge in [0.15, 0.2) is 5.82 Å². The maximum absolute atomic E-state index is 12.7. The van der Waals surface area contributed by atoms with Crippen molar-refractivity contribution in [3.8, 4) is 0 Å². The minimum atomic E-state index is -0.222. The molecule has 21 heavy (non-hydrogen) atoms. The first-order valence-electron chi connectivity index (χ1n) is 7.18. The molecule has 1 unspecified atom stereocenters. The minimum Gasteiger partial charge on any atom is -0.343 e. The number of aromatic amines is 1. The Morgan fingerprint density at radius 1 is 1.33 bits per heavy atom. The number of hydrogen-bond acceptors (Lipinski definition) is 5. The molecule has 1 amide bonds. The predicted octanol–water partition coefficient (Wildman–Crippen LogP) is -0.0670. The lowest BCUT2D eigenvalue weighted by Crippen LogP contribution is -2.52. The molecule has 0 aromatic carbocycles. The van der Waals surface area contributed by atoms with E-state index in [0.717, 1.165) is 45.6 Å². The molecular formula is C13H18BrN5O2. The normalized spacial score (nSPS) is 22.6. The lowest BCUT2D eigenvalue weighted by Gasteiger charge is -2.33. The van der Waals surface area contributed by atoms with E-state index >= 15 is 0 Å². The van der Waals surface area contributed by atoms with Crippen molar-refractivity contribution < 1.29 is 4.79 Å². The highest BCUT2D eigenvalue weighted by Gasteiger charge is 2.35. The number of halogens is 1. The highest BCUT2D eigenvalue weighted by atomic mass is 79.9. The van der Waals surface area contributed by atoms with Gasteiger partial charge in [0.25, 0.3) is 5.56 Å². The fourth-order valence-corrected chi connectivity index (χ4v) is 3.39. The van der Waals surface area contributed by atoms with Gasteiger partial charge in [-0.3, -0.25) is 9.59 Å². The number of carbonyl (C=O) groups excluding carboxylic acids is 1. The number of piperazine rings is 1. The minimum absolute atomic E-state index is 0.142. The molecule has 3 rings (SSSR count). The smallest absolute Gasteiger partial charge is 0.267 e. The standard InChI is InChI=1S/C13H18BrN5O2/c14-10-11(16-8-17-12(10)20)19-5-1-2-9(19)13(21)18-6-3-15-4-7-18/h8-9,15H,1-7H2,(H,16,17,20). The van der Waals surface area contributed by atoms with E-state index in [0.29, 0.717) is 10.3 Å². The summed E-state index contributed by atoms with van der Waals surface area (Å²) in [7, 11) is 0. The summed E-state index contributed by atoms with van der Waals surface area (Å²) in [4.78, 5) is 35.0. The van der Waals surface area contributed by atoms with E-state index in [1.807, 2.05) is 9.80 Å². The topological polar surface area (TPSA) is 81.3 Å². The van der Waals surface area contributed by atoms with Gasteiger partial charge in [0.2, 0.25) is 5.91 Å². The van der Waals surface area contributed by atoms with Crippen LogP contribution in [0.25, 0.3) is 0 Å². The number of anilines is 1. The average Bonchev–Trinajstić information content (AvgIpc) is 2.99. The summed E-state index contributed by atoms with van der Waals surface area (Å²) in [6.45, 7) is 3.91. The van der Waals surface area contributed by atoms with Gasteiger partial charge in [-0.25, -0.2) is 4.98 Å². The number of carbonyl (C=O) groups is 1. The number of hydrogen-bond donors (Lipinski definition) is 2. The SMILES string of the molecule is O=C(C1CCCN1c1nc[nH]c(=O)c1Br)N1CCNCC1. The molecule has 2 saturated heterocycles. The molecule has 1 atom stereocenters. The first-order valence-corrected chi connectivity index (χ1v) is 7.97. The second-order valence-electron chi connectivity index (χ2n) is 5.30. The third kappa shape index (κ3) is 2.82. The Labute approximate surface area is 130 Å². The number of rotatable bonds is 2. The molecule has 0 bridgehead atoms. The third-order valence-corrected chi connectivity index (χ3v) is 4.73. The van der Waals surface area contributed by atoms with Crippen LogP contribution in [0.1, 0.15) is 12.8 Å². The summed E-state index contributed by atoms with van der Waals surface area (Å²) in [5.74, 6) is 0.702. The third-order valence-electron chi connectivity index (χ3n) is 4.02. The van der Waals surface area contributed by atoms with Gasteiger partial charge in [0, 0.05) is 32.7 Å². The lowest BCUT2D eigenvalue weighted by atomic mass is 10.1. The van der Waals surface area contributed by atoms with Gasteiger partial charge < -0.3 is 20.1 Å². The fourth-order valence-electron chi connectivity index (χ4n) is 2.95. The maximum atomic E-state index is 12.7. The zero-order valence-corrected chi connectivity index (χ0v) is 13.2. The number of aromatic nitrogens is 2. The molecular weight excluding hydrogens is 338 g/mol. The van der Waals surface area contributed by atoms with Crippen LogP contribution in [0, 0.1) is 0 Å². The molecule has 3 heterocycles. The Balaban J connectivity index is 1.83. The van der Waals surface area contributed by atoms with Gasteiger partial charge >= 0.3 is 0 Å². The molecule has 1 aromatic rings. The van der Waals surface area contributed by atoms with Gasteiger partial charge in [-0.05, 0) is 28.8 Å². The van der Waals surface area contributed by atoms with Crippen molar-refractivity contribution in [2.24, 2.45) is 0 Å². The number of H-pyrrole nitrogens is 1. The van der Waals surface area contributed by atoms with Crippen LogP contribution in [-0.4, -0.2) is 59.5 Å². The Hall–Kier alpha value is -1.41. The molecule has 2 aliphatic heterocycles. The molecule has 0 spiro atoms. The summed E-state index contributed by atoms with van der Waals surface area (Å²) >= 11 is 3.28. The zero-order valence-electron chi connectivity index (χ0n) is 11.6. The largest absolute Gasteiger partial charge is 0.343 e. The monoisotopic (exact) mass is 355 g/mol. The molecule has 8 heteroatoms. The summed E-state index contributed by atoms with van der Waals surface area (Å²) in [6.07, 6.45) is 3.13. The van der Waals surface area contributed by atoms with E-state index in [9.17, 15) is 9.59 Å². The molecule has 114 valence electrons. The van der Waals surface area contributed by atoms with Crippen LogP contribution in [0.4, 0.5) is 5.82 Å². The Kier molecular flexibility index (Phi) is 4.25. The van der Waals surface area contributed by atoms with Crippen LogP contribution in [0.5, 0.6) is 0 Å². The summed E-state index contributed by atoms with van der Waals surface area (Å²) in [5, 5.41) is 3.25. The second-order valence-corrected chi connectivity index (χ2v) is 6.09. The number of nitrogens with zero attached hydrogens (tertiary/aromatic N) is 3. The molecule has 2 aliphatic rings. The highest BCUT2D eigenvalue weighted by Crippen LogP contribution is 2.28. The Bertz CT molecular complexity index is 584. The van der Waals surface area contributed by atoms with Gasteiger partial charge in [-0.2, -0.15) is 0 Å². The van der Waals surface area contributed by atoms with Crippen molar-refractivity contribution in [3.05, 3.63) is 21.2 Å². The average molecular weight is 356 g/mol. The molecule has 2 N–H and O–H groups in total. The fraction of sp³-hybridized carbons (Fsp3) is 0.615. The molecule has 2 fully saturated rings. The van der Waals surface area contributed by atoms with Gasteiger partial charge in [0.05, 0.1) is 6.33 Å². The van der Waals surface area contributed by atoms with E-state index in [1.165, 1.54) is 6.33 Å². The van der Waals surface area contributed by atoms with E-state index in [4.69, 9.17) is 0 Å². The van der Waals surface area contributed by atoms with Crippen LogP contribution in [0.2, 0.25) is 0 Å². The highest BCUT2D eigenvalue weighted by molar-refractivity contribution is 9.10. The first kappa shape index (κ1) is 14.5. The van der Waals surface area contributed by atoms with E-state index < -0.39 is 0 Å². The first-order chi connectivity index (χ1) is 10.2. The molecule has 7 nitrogen and oxygen atoms in total. The van der Waals surface area contributed by atoms with Gasteiger partial charge in [0.1, 0.15) is 10.5 Å². The number of nitrogens with one attached hydrogen (secondary N) is 2. The van der Waals surface area contributed by atoms with Crippen LogP contribution in [-0.2, 0) is 4.79 Å². The molecule has 0 saturated carbocycles. The van der Waals surface area contributed by atoms with Crippen molar-refractivity contribution in [2.45, 2.75) is 18.9 Å². The zero-order chi connectivity index (χ0) is 14.8.